The summed E-state index contributed by atoms with van der Waals surface area (Å²) in [7, 11) is -3.33. The molecule has 27 heavy (non-hydrogen) atoms. The van der Waals surface area contributed by atoms with E-state index in [4.69, 9.17) is 0 Å². The first kappa shape index (κ1) is 19.7. The molecule has 3 rings (SSSR count). The lowest BCUT2D eigenvalue weighted by molar-refractivity contribution is 0.0901. The second-order valence-corrected chi connectivity index (χ2v) is 9.11. The number of benzene rings is 2. The Hall–Kier alpha value is -2.02. The summed E-state index contributed by atoms with van der Waals surface area (Å²) in [5.41, 5.74) is 3.79. The monoisotopic (exact) mass is 386 g/mol. The van der Waals surface area contributed by atoms with E-state index in [1.165, 1.54) is 9.87 Å². The van der Waals surface area contributed by atoms with E-state index in [9.17, 15) is 13.2 Å². The van der Waals surface area contributed by atoms with Gasteiger partial charge in [-0.2, -0.15) is 4.31 Å². The molecular formula is C21H26N2O3S. The van der Waals surface area contributed by atoms with Crippen molar-refractivity contribution in [3.63, 3.8) is 0 Å². The van der Waals surface area contributed by atoms with Crippen molar-refractivity contribution in [1.29, 1.82) is 0 Å². The number of rotatable bonds is 6. The van der Waals surface area contributed by atoms with Crippen LogP contribution in [0, 0.1) is 13.8 Å². The van der Waals surface area contributed by atoms with Crippen LogP contribution < -0.4 is 0 Å². The maximum Gasteiger partial charge on any atom is 0.218 e. The van der Waals surface area contributed by atoms with Crippen LogP contribution in [0.3, 0.4) is 0 Å². The van der Waals surface area contributed by atoms with Crippen molar-refractivity contribution in [2.45, 2.75) is 19.6 Å². The smallest absolute Gasteiger partial charge is 0.218 e. The lowest BCUT2D eigenvalue weighted by Gasteiger charge is -2.33. The predicted molar refractivity (Wildman–Crippen MR) is 107 cm³/mol. The number of piperazine rings is 1. The zero-order valence-corrected chi connectivity index (χ0v) is 16.7. The van der Waals surface area contributed by atoms with Gasteiger partial charge in [-0.3, -0.25) is 9.69 Å². The zero-order chi connectivity index (χ0) is 19.4. The van der Waals surface area contributed by atoms with Gasteiger partial charge in [0.25, 0.3) is 0 Å². The molecule has 1 aliphatic rings. The van der Waals surface area contributed by atoms with Crippen LogP contribution >= 0.6 is 0 Å². The normalized spacial score (nSPS) is 16.4. The molecule has 0 atom stereocenters. The number of sulfonamides is 1. The molecule has 0 N–H and O–H groups in total. The summed E-state index contributed by atoms with van der Waals surface area (Å²) in [5.74, 6) is 0.105. The summed E-state index contributed by atoms with van der Waals surface area (Å²) in [6, 6.07) is 15.0. The molecule has 1 aliphatic heterocycles. The third-order valence-electron chi connectivity index (χ3n) is 5.11. The Morgan fingerprint density at radius 2 is 1.59 bits per heavy atom. The Kier molecular flexibility index (Phi) is 6.09. The standard InChI is InChI=1S/C21H26N2O3S/c1-17-8-9-20(14-18(17)2)21(24)15-22-10-12-23(13-11-22)27(25,26)16-19-6-4-3-5-7-19/h3-9,14H,10-13,15-16H2,1-2H3. The van der Waals surface area contributed by atoms with Crippen molar-refractivity contribution in [2.24, 2.45) is 0 Å². The van der Waals surface area contributed by atoms with Gasteiger partial charge in [-0.25, -0.2) is 8.42 Å². The maximum absolute atomic E-state index is 12.6. The second kappa shape index (κ2) is 8.33. The van der Waals surface area contributed by atoms with Crippen molar-refractivity contribution < 1.29 is 13.2 Å². The van der Waals surface area contributed by atoms with Gasteiger partial charge >= 0.3 is 0 Å². The number of carbonyl (C=O) groups is 1. The third-order valence-corrected chi connectivity index (χ3v) is 6.96. The van der Waals surface area contributed by atoms with Gasteiger partial charge in [-0.05, 0) is 36.6 Å². The first-order chi connectivity index (χ1) is 12.8. The molecule has 0 aromatic heterocycles. The number of nitrogens with zero attached hydrogens (tertiary/aromatic N) is 2. The molecule has 0 spiro atoms. The number of hydrogen-bond acceptors (Lipinski definition) is 4. The number of ketones is 1. The first-order valence-electron chi connectivity index (χ1n) is 9.20. The van der Waals surface area contributed by atoms with Crippen LogP contribution in [0.25, 0.3) is 0 Å². The highest BCUT2D eigenvalue weighted by Gasteiger charge is 2.27. The SMILES string of the molecule is Cc1ccc(C(=O)CN2CCN(S(=O)(=O)Cc3ccccc3)CC2)cc1C. The molecule has 0 radical (unpaired) electrons. The molecule has 0 saturated carbocycles. The van der Waals surface area contributed by atoms with Gasteiger partial charge in [-0.1, -0.05) is 42.5 Å². The molecular weight excluding hydrogens is 360 g/mol. The highest BCUT2D eigenvalue weighted by molar-refractivity contribution is 7.88. The molecule has 0 bridgehead atoms. The third kappa shape index (κ3) is 5.03. The summed E-state index contributed by atoms with van der Waals surface area (Å²) in [4.78, 5) is 14.6. The van der Waals surface area contributed by atoms with Gasteiger partial charge in [0, 0.05) is 31.7 Å². The molecule has 1 fully saturated rings. The van der Waals surface area contributed by atoms with Crippen LogP contribution in [0.15, 0.2) is 48.5 Å². The molecule has 0 amide bonds. The molecule has 6 heteroatoms. The summed E-state index contributed by atoms with van der Waals surface area (Å²) in [5, 5.41) is 0. The summed E-state index contributed by atoms with van der Waals surface area (Å²) >= 11 is 0. The van der Waals surface area contributed by atoms with E-state index < -0.39 is 10.0 Å². The van der Waals surface area contributed by atoms with E-state index in [-0.39, 0.29) is 11.5 Å². The summed E-state index contributed by atoms with van der Waals surface area (Å²) < 4.78 is 26.8. The molecule has 1 saturated heterocycles. The highest BCUT2D eigenvalue weighted by Crippen LogP contribution is 2.15. The van der Waals surface area contributed by atoms with E-state index in [0.717, 1.165) is 16.7 Å². The number of aryl methyl sites for hydroxylation is 2. The van der Waals surface area contributed by atoms with E-state index in [2.05, 4.69) is 0 Å². The van der Waals surface area contributed by atoms with Gasteiger partial charge in [0.15, 0.2) is 5.78 Å². The van der Waals surface area contributed by atoms with Crippen LogP contribution in [-0.4, -0.2) is 56.1 Å². The maximum atomic E-state index is 12.6. The van der Waals surface area contributed by atoms with Gasteiger partial charge in [0.05, 0.1) is 12.3 Å². The Labute approximate surface area is 161 Å². The fourth-order valence-electron chi connectivity index (χ4n) is 3.25. The fraction of sp³-hybridized carbons (Fsp3) is 0.381. The number of Topliss-reactive ketones (excluding diaryl/α,β-unsaturated/α-hetero) is 1. The van der Waals surface area contributed by atoms with Gasteiger partial charge in [0.1, 0.15) is 0 Å². The molecule has 5 nitrogen and oxygen atoms in total. The molecule has 0 unspecified atom stereocenters. The van der Waals surface area contributed by atoms with Crippen LogP contribution in [0.1, 0.15) is 27.0 Å². The van der Waals surface area contributed by atoms with Crippen LogP contribution in [0.5, 0.6) is 0 Å². The number of hydrogen-bond donors (Lipinski definition) is 0. The van der Waals surface area contributed by atoms with Gasteiger partial charge in [0.2, 0.25) is 10.0 Å². The lowest BCUT2D eigenvalue weighted by atomic mass is 10.0. The first-order valence-corrected chi connectivity index (χ1v) is 10.8. The van der Waals surface area contributed by atoms with E-state index in [1.807, 2.05) is 67.3 Å². The Morgan fingerprint density at radius 3 is 2.22 bits per heavy atom. The van der Waals surface area contributed by atoms with Crippen LogP contribution in [0.2, 0.25) is 0 Å². The minimum absolute atomic E-state index is 0.0232. The lowest BCUT2D eigenvalue weighted by Crippen LogP contribution is -2.50. The van der Waals surface area contributed by atoms with Crippen molar-refractivity contribution in [3.05, 3.63) is 70.8 Å². The van der Waals surface area contributed by atoms with Crippen molar-refractivity contribution in [3.8, 4) is 0 Å². The van der Waals surface area contributed by atoms with Gasteiger partial charge < -0.3 is 0 Å². The van der Waals surface area contributed by atoms with E-state index in [1.54, 1.807) is 0 Å². The molecule has 144 valence electrons. The Morgan fingerprint density at radius 1 is 0.926 bits per heavy atom. The van der Waals surface area contributed by atoms with Crippen molar-refractivity contribution in [2.75, 3.05) is 32.7 Å². The molecule has 1 heterocycles. The quantitative estimate of drug-likeness (QED) is 0.716. The summed E-state index contributed by atoms with van der Waals surface area (Å²) in [6.45, 7) is 6.36. The minimum atomic E-state index is -3.33. The van der Waals surface area contributed by atoms with Crippen LogP contribution in [0.4, 0.5) is 0 Å². The molecule has 0 aliphatic carbocycles. The zero-order valence-electron chi connectivity index (χ0n) is 15.9. The average molecular weight is 387 g/mol. The van der Waals surface area contributed by atoms with Gasteiger partial charge in [-0.15, -0.1) is 0 Å². The summed E-state index contributed by atoms with van der Waals surface area (Å²) in [6.07, 6.45) is 0. The second-order valence-electron chi connectivity index (χ2n) is 7.14. The molecule has 2 aromatic rings. The number of carbonyl (C=O) groups excluding carboxylic acids is 1. The van der Waals surface area contributed by atoms with Crippen molar-refractivity contribution >= 4 is 15.8 Å². The largest absolute Gasteiger partial charge is 0.293 e. The molecule has 2 aromatic carbocycles. The average Bonchev–Trinajstić information content (AvgIpc) is 2.65. The highest BCUT2D eigenvalue weighted by atomic mass is 32.2. The van der Waals surface area contributed by atoms with E-state index >= 15 is 0 Å². The van der Waals surface area contributed by atoms with E-state index in [0.29, 0.717) is 32.7 Å². The Balaban J connectivity index is 1.55. The predicted octanol–water partition coefficient (Wildman–Crippen LogP) is 2.63. The minimum Gasteiger partial charge on any atom is -0.293 e. The Bertz CT molecular complexity index is 902. The topological polar surface area (TPSA) is 57.7 Å². The fourth-order valence-corrected chi connectivity index (χ4v) is 4.77. The van der Waals surface area contributed by atoms with Crippen LogP contribution in [-0.2, 0) is 15.8 Å². The van der Waals surface area contributed by atoms with Crippen molar-refractivity contribution in [1.82, 2.24) is 9.21 Å².